The topological polar surface area (TPSA) is 57.9 Å². The molecule has 4 heteroatoms. The van der Waals surface area contributed by atoms with Crippen LogP contribution in [0, 0.1) is 18.3 Å². The number of nitriles is 1. The standard InChI is InChI=1S/C11H8ClNO2/c1-7-9(6-14)2-8(5-13)3-10(7)11(15)4-12/h2-3,6H,4H2,1H3. The number of nitrogens with zero attached hydrogens (tertiary/aromatic N) is 1. The molecule has 0 radical (unpaired) electrons. The van der Waals surface area contributed by atoms with Crippen LogP contribution in [0.1, 0.15) is 31.8 Å². The molecule has 0 heterocycles. The van der Waals surface area contributed by atoms with Gasteiger partial charge < -0.3 is 0 Å². The van der Waals surface area contributed by atoms with E-state index in [2.05, 4.69) is 0 Å². The van der Waals surface area contributed by atoms with Gasteiger partial charge in [0.1, 0.15) is 6.29 Å². The Morgan fingerprint density at radius 1 is 1.60 bits per heavy atom. The lowest BCUT2D eigenvalue weighted by molar-refractivity contribution is 0.102. The first kappa shape index (κ1) is 11.4. The summed E-state index contributed by atoms with van der Waals surface area (Å²) in [6.45, 7) is 1.66. The molecule has 0 bridgehead atoms. The molecule has 0 aliphatic rings. The summed E-state index contributed by atoms with van der Waals surface area (Å²) in [5.74, 6) is -0.442. The number of alkyl halides is 1. The number of Topliss-reactive ketones (excluding diaryl/α,β-unsaturated/α-hetero) is 1. The van der Waals surface area contributed by atoms with E-state index in [0.29, 0.717) is 23.0 Å². The zero-order valence-electron chi connectivity index (χ0n) is 8.08. The molecule has 0 saturated heterocycles. The summed E-state index contributed by atoms with van der Waals surface area (Å²) in [4.78, 5) is 22.1. The van der Waals surface area contributed by atoms with Crippen molar-refractivity contribution >= 4 is 23.7 Å². The van der Waals surface area contributed by atoms with Crippen LogP contribution in [-0.2, 0) is 0 Å². The van der Waals surface area contributed by atoms with E-state index in [1.807, 2.05) is 6.07 Å². The Kier molecular flexibility index (Phi) is 3.59. The highest BCUT2D eigenvalue weighted by Gasteiger charge is 2.12. The van der Waals surface area contributed by atoms with Crippen LogP contribution >= 0.6 is 11.6 Å². The van der Waals surface area contributed by atoms with Gasteiger partial charge in [-0.15, -0.1) is 11.6 Å². The molecular formula is C11H8ClNO2. The third-order valence-corrected chi connectivity index (χ3v) is 2.37. The molecule has 3 nitrogen and oxygen atoms in total. The molecule has 0 fully saturated rings. The Hall–Kier alpha value is -1.66. The average Bonchev–Trinajstić information content (AvgIpc) is 2.28. The molecule has 0 aliphatic heterocycles. The quantitative estimate of drug-likeness (QED) is 0.446. The van der Waals surface area contributed by atoms with Crippen LogP contribution in [0.3, 0.4) is 0 Å². The Balaban J connectivity index is 3.45. The van der Waals surface area contributed by atoms with Crippen molar-refractivity contribution in [2.75, 3.05) is 5.88 Å². The predicted molar refractivity (Wildman–Crippen MR) is 56.3 cm³/mol. The van der Waals surface area contributed by atoms with E-state index in [0.717, 1.165) is 0 Å². The van der Waals surface area contributed by atoms with Crippen molar-refractivity contribution in [1.29, 1.82) is 5.26 Å². The number of carbonyl (C=O) groups is 2. The summed E-state index contributed by atoms with van der Waals surface area (Å²) in [6, 6.07) is 4.80. The van der Waals surface area contributed by atoms with Crippen molar-refractivity contribution in [3.63, 3.8) is 0 Å². The molecule has 0 amide bonds. The van der Waals surface area contributed by atoms with Gasteiger partial charge in [0.2, 0.25) is 0 Å². The number of halogens is 1. The summed E-state index contributed by atoms with van der Waals surface area (Å²) in [6.07, 6.45) is 0.626. The second-order valence-electron chi connectivity index (χ2n) is 3.02. The number of hydrogen-bond donors (Lipinski definition) is 0. The highest BCUT2D eigenvalue weighted by atomic mass is 35.5. The van der Waals surface area contributed by atoms with E-state index >= 15 is 0 Å². The van der Waals surface area contributed by atoms with Gasteiger partial charge in [-0.3, -0.25) is 9.59 Å². The molecule has 76 valence electrons. The summed E-state index contributed by atoms with van der Waals surface area (Å²) in [7, 11) is 0. The van der Waals surface area contributed by atoms with Gasteiger partial charge in [0.15, 0.2) is 5.78 Å². The lowest BCUT2D eigenvalue weighted by Crippen LogP contribution is -2.06. The highest BCUT2D eigenvalue weighted by molar-refractivity contribution is 6.30. The minimum absolute atomic E-state index is 0.159. The van der Waals surface area contributed by atoms with Crippen LogP contribution in [0.25, 0.3) is 0 Å². The van der Waals surface area contributed by atoms with Crippen LogP contribution in [0.4, 0.5) is 0 Å². The molecule has 1 aromatic carbocycles. The summed E-state index contributed by atoms with van der Waals surface area (Å²) >= 11 is 5.43. The maximum Gasteiger partial charge on any atom is 0.177 e. The summed E-state index contributed by atoms with van der Waals surface area (Å²) in [5.41, 5.74) is 1.54. The minimum atomic E-state index is -0.283. The lowest BCUT2D eigenvalue weighted by atomic mass is 9.97. The first-order valence-electron chi connectivity index (χ1n) is 4.23. The Bertz CT molecular complexity index is 460. The SMILES string of the molecule is Cc1c(C=O)cc(C#N)cc1C(=O)CCl. The van der Waals surface area contributed by atoms with Gasteiger partial charge in [-0.2, -0.15) is 5.26 Å². The number of carbonyl (C=O) groups excluding carboxylic acids is 2. The lowest BCUT2D eigenvalue weighted by Gasteiger charge is -2.05. The minimum Gasteiger partial charge on any atom is -0.298 e. The van der Waals surface area contributed by atoms with Crippen LogP contribution in [-0.4, -0.2) is 17.9 Å². The van der Waals surface area contributed by atoms with E-state index in [-0.39, 0.29) is 17.2 Å². The van der Waals surface area contributed by atoms with Gasteiger partial charge in [0.05, 0.1) is 17.5 Å². The van der Waals surface area contributed by atoms with Crippen molar-refractivity contribution in [1.82, 2.24) is 0 Å². The Labute approximate surface area is 92.3 Å². The van der Waals surface area contributed by atoms with E-state index in [4.69, 9.17) is 16.9 Å². The fourth-order valence-electron chi connectivity index (χ4n) is 1.29. The first-order valence-corrected chi connectivity index (χ1v) is 4.76. The van der Waals surface area contributed by atoms with E-state index < -0.39 is 0 Å². The van der Waals surface area contributed by atoms with Crippen molar-refractivity contribution in [2.24, 2.45) is 0 Å². The van der Waals surface area contributed by atoms with Gasteiger partial charge >= 0.3 is 0 Å². The Morgan fingerprint density at radius 2 is 2.27 bits per heavy atom. The molecule has 0 atom stereocenters. The second-order valence-corrected chi connectivity index (χ2v) is 3.29. The second kappa shape index (κ2) is 4.72. The zero-order valence-corrected chi connectivity index (χ0v) is 8.84. The normalized spacial score (nSPS) is 9.40. The van der Waals surface area contributed by atoms with Crippen LogP contribution in [0.5, 0.6) is 0 Å². The number of ketones is 1. The molecule has 15 heavy (non-hydrogen) atoms. The molecule has 1 aromatic rings. The fourth-order valence-corrected chi connectivity index (χ4v) is 1.43. The number of benzene rings is 1. The monoisotopic (exact) mass is 221 g/mol. The van der Waals surface area contributed by atoms with Crippen molar-refractivity contribution in [2.45, 2.75) is 6.92 Å². The van der Waals surface area contributed by atoms with Gasteiger partial charge in [0.25, 0.3) is 0 Å². The Morgan fingerprint density at radius 3 is 2.73 bits per heavy atom. The molecule has 0 N–H and O–H groups in total. The average molecular weight is 222 g/mol. The van der Waals surface area contributed by atoms with Crippen molar-refractivity contribution in [3.05, 3.63) is 34.4 Å². The molecule has 0 aromatic heterocycles. The summed E-state index contributed by atoms with van der Waals surface area (Å²) < 4.78 is 0. The number of aldehydes is 1. The fraction of sp³-hybridized carbons (Fsp3) is 0.182. The van der Waals surface area contributed by atoms with Gasteiger partial charge in [-0.05, 0) is 24.6 Å². The largest absolute Gasteiger partial charge is 0.298 e. The zero-order chi connectivity index (χ0) is 11.4. The van der Waals surface area contributed by atoms with E-state index in [9.17, 15) is 9.59 Å². The van der Waals surface area contributed by atoms with Crippen LogP contribution in [0.2, 0.25) is 0 Å². The van der Waals surface area contributed by atoms with Crippen LogP contribution < -0.4 is 0 Å². The number of rotatable bonds is 3. The molecule has 0 aliphatic carbocycles. The van der Waals surface area contributed by atoms with Gasteiger partial charge in [0, 0.05) is 11.1 Å². The molecule has 0 unspecified atom stereocenters. The smallest absolute Gasteiger partial charge is 0.177 e. The van der Waals surface area contributed by atoms with Crippen molar-refractivity contribution in [3.8, 4) is 6.07 Å². The maximum absolute atomic E-state index is 11.4. The molecular weight excluding hydrogens is 214 g/mol. The molecule has 0 spiro atoms. The third kappa shape index (κ3) is 2.23. The molecule has 0 saturated carbocycles. The maximum atomic E-state index is 11.4. The van der Waals surface area contributed by atoms with Crippen molar-refractivity contribution < 1.29 is 9.59 Å². The van der Waals surface area contributed by atoms with Crippen LogP contribution in [0.15, 0.2) is 12.1 Å². The first-order chi connectivity index (χ1) is 7.13. The van der Waals surface area contributed by atoms with Gasteiger partial charge in [-0.25, -0.2) is 0 Å². The predicted octanol–water partition coefficient (Wildman–Crippen LogP) is 2.10. The van der Waals surface area contributed by atoms with Gasteiger partial charge in [-0.1, -0.05) is 0 Å². The van der Waals surface area contributed by atoms with E-state index in [1.165, 1.54) is 12.1 Å². The van der Waals surface area contributed by atoms with E-state index in [1.54, 1.807) is 6.92 Å². The summed E-state index contributed by atoms with van der Waals surface area (Å²) in [5, 5.41) is 8.72. The molecule has 1 rings (SSSR count). The third-order valence-electron chi connectivity index (χ3n) is 2.13. The number of hydrogen-bond acceptors (Lipinski definition) is 3. The highest BCUT2D eigenvalue weighted by Crippen LogP contribution is 2.16.